The Morgan fingerprint density at radius 2 is 1.57 bits per heavy atom. The summed E-state index contributed by atoms with van der Waals surface area (Å²) in [5.74, 6) is 0.410. The van der Waals surface area contributed by atoms with Gasteiger partial charge in [0.2, 0.25) is 0 Å². The van der Waals surface area contributed by atoms with Crippen LogP contribution >= 0.6 is 23.5 Å². The van der Waals surface area contributed by atoms with Gasteiger partial charge in [-0.2, -0.15) is 0 Å². The van der Waals surface area contributed by atoms with Crippen molar-refractivity contribution in [2.75, 3.05) is 0 Å². The summed E-state index contributed by atoms with van der Waals surface area (Å²) in [6.45, 7) is 0. The standard InChI is InChI=1S/C18H15NO2S2/c20-19(21)12-9-10-16-14(11-12)13-5-1-2-6-15(13)22-17-7-3-4-8-18(17)23-16/h1-11,13-16H. The Labute approximate surface area is 143 Å². The molecule has 4 unspecified atom stereocenters. The van der Waals surface area contributed by atoms with Crippen molar-refractivity contribution in [2.45, 2.75) is 20.3 Å². The van der Waals surface area contributed by atoms with E-state index in [1.807, 2.05) is 35.7 Å². The molecule has 23 heavy (non-hydrogen) atoms. The Morgan fingerprint density at radius 1 is 0.913 bits per heavy atom. The molecule has 0 amide bonds. The predicted octanol–water partition coefficient (Wildman–Crippen LogP) is 4.71. The molecule has 0 radical (unpaired) electrons. The number of hydrogen-bond acceptors (Lipinski definition) is 4. The first-order valence-corrected chi connectivity index (χ1v) is 9.30. The maximum absolute atomic E-state index is 11.2. The highest BCUT2D eigenvalue weighted by Gasteiger charge is 2.37. The minimum absolute atomic E-state index is 0.137. The van der Waals surface area contributed by atoms with E-state index in [1.54, 1.807) is 6.08 Å². The normalized spacial score (nSPS) is 31.2. The summed E-state index contributed by atoms with van der Waals surface area (Å²) in [5, 5.41) is 11.7. The number of thioether (sulfide) groups is 2. The van der Waals surface area contributed by atoms with Gasteiger partial charge in [-0.05, 0) is 18.2 Å². The van der Waals surface area contributed by atoms with Gasteiger partial charge in [-0.15, -0.1) is 23.5 Å². The summed E-state index contributed by atoms with van der Waals surface area (Å²) in [5.41, 5.74) is 0.215. The fourth-order valence-electron chi connectivity index (χ4n) is 3.25. The van der Waals surface area contributed by atoms with Crippen LogP contribution in [0.2, 0.25) is 0 Å². The lowest BCUT2D eigenvalue weighted by Crippen LogP contribution is -2.32. The van der Waals surface area contributed by atoms with Crippen molar-refractivity contribution in [3.8, 4) is 0 Å². The average Bonchev–Trinajstić information content (AvgIpc) is 2.55. The summed E-state index contributed by atoms with van der Waals surface area (Å²) >= 11 is 3.67. The Hall–Kier alpha value is -1.72. The van der Waals surface area contributed by atoms with Crippen molar-refractivity contribution in [1.29, 1.82) is 0 Å². The zero-order chi connectivity index (χ0) is 15.8. The molecular formula is C18H15NO2S2. The lowest BCUT2D eigenvalue weighted by atomic mass is 9.81. The van der Waals surface area contributed by atoms with E-state index >= 15 is 0 Å². The van der Waals surface area contributed by atoms with E-state index in [1.165, 1.54) is 9.79 Å². The molecule has 0 saturated heterocycles. The van der Waals surface area contributed by atoms with Crippen LogP contribution in [0.4, 0.5) is 0 Å². The monoisotopic (exact) mass is 341 g/mol. The zero-order valence-electron chi connectivity index (χ0n) is 12.2. The van der Waals surface area contributed by atoms with Crippen LogP contribution < -0.4 is 0 Å². The van der Waals surface area contributed by atoms with E-state index < -0.39 is 0 Å². The second-order valence-corrected chi connectivity index (χ2v) is 8.18. The molecule has 0 fully saturated rings. The topological polar surface area (TPSA) is 43.1 Å². The molecule has 5 heteroatoms. The lowest BCUT2D eigenvalue weighted by Gasteiger charge is -2.37. The van der Waals surface area contributed by atoms with Gasteiger partial charge >= 0.3 is 0 Å². The number of fused-ring (bicyclic) bond motifs is 4. The minimum atomic E-state index is -0.283. The number of allylic oxidation sites excluding steroid dienone is 5. The second-order valence-electron chi connectivity index (χ2n) is 5.74. The van der Waals surface area contributed by atoms with Gasteiger partial charge in [0.1, 0.15) is 0 Å². The third-order valence-electron chi connectivity index (χ3n) is 4.35. The minimum Gasteiger partial charge on any atom is -0.258 e. The van der Waals surface area contributed by atoms with Crippen LogP contribution in [0, 0.1) is 22.0 Å². The molecule has 3 aliphatic rings. The van der Waals surface area contributed by atoms with Crippen molar-refractivity contribution in [1.82, 2.24) is 0 Å². The Morgan fingerprint density at radius 3 is 2.26 bits per heavy atom. The van der Waals surface area contributed by atoms with Gasteiger partial charge in [-0.1, -0.05) is 42.5 Å². The van der Waals surface area contributed by atoms with Gasteiger partial charge in [-0.3, -0.25) is 10.1 Å². The van der Waals surface area contributed by atoms with Crippen molar-refractivity contribution in [3.05, 3.63) is 82.6 Å². The molecule has 4 atom stereocenters. The summed E-state index contributed by atoms with van der Waals surface area (Å²) < 4.78 is 0. The van der Waals surface area contributed by atoms with Crippen LogP contribution in [0.3, 0.4) is 0 Å². The van der Waals surface area contributed by atoms with E-state index in [2.05, 4.69) is 48.6 Å². The molecule has 1 heterocycles. The molecular weight excluding hydrogens is 326 g/mol. The zero-order valence-corrected chi connectivity index (χ0v) is 13.9. The second kappa shape index (κ2) is 6.06. The molecule has 3 nitrogen and oxygen atoms in total. The molecule has 0 spiro atoms. The first-order chi connectivity index (χ1) is 11.2. The first-order valence-electron chi connectivity index (χ1n) is 7.54. The predicted molar refractivity (Wildman–Crippen MR) is 95.2 cm³/mol. The molecule has 0 saturated carbocycles. The van der Waals surface area contributed by atoms with Crippen molar-refractivity contribution >= 4 is 23.5 Å². The maximum Gasteiger partial charge on any atom is 0.265 e. The van der Waals surface area contributed by atoms with Gasteiger partial charge in [0.25, 0.3) is 5.70 Å². The maximum atomic E-state index is 11.2. The number of nitrogens with zero attached hydrogens (tertiary/aromatic N) is 1. The quantitative estimate of drug-likeness (QED) is 0.548. The van der Waals surface area contributed by atoms with Crippen molar-refractivity contribution in [3.63, 3.8) is 0 Å². The van der Waals surface area contributed by atoms with Crippen LogP contribution in [-0.2, 0) is 0 Å². The van der Waals surface area contributed by atoms with Crippen LogP contribution in [0.1, 0.15) is 0 Å². The lowest BCUT2D eigenvalue weighted by molar-refractivity contribution is -0.419. The molecule has 1 aromatic rings. The van der Waals surface area contributed by atoms with E-state index in [0.717, 1.165) is 0 Å². The first kappa shape index (κ1) is 14.8. The highest BCUT2D eigenvalue weighted by atomic mass is 32.2. The molecule has 116 valence electrons. The van der Waals surface area contributed by atoms with Crippen molar-refractivity contribution in [2.24, 2.45) is 11.8 Å². The molecule has 0 aromatic heterocycles. The Bertz CT molecular complexity index is 766. The Kier molecular flexibility index (Phi) is 3.91. The van der Waals surface area contributed by atoms with Gasteiger partial charge in [0.15, 0.2) is 0 Å². The van der Waals surface area contributed by atoms with Crippen molar-refractivity contribution < 1.29 is 4.92 Å². The van der Waals surface area contributed by atoms with Gasteiger partial charge < -0.3 is 0 Å². The number of hydrogen-bond donors (Lipinski definition) is 0. The fraction of sp³-hybridized carbons (Fsp3) is 0.222. The van der Waals surface area contributed by atoms with Gasteiger partial charge in [0, 0.05) is 38.2 Å². The van der Waals surface area contributed by atoms with E-state index in [0.29, 0.717) is 5.25 Å². The SMILES string of the molecule is O=[N+]([O-])C1=CC2C(C=C1)Sc1ccccc1SC1C=CC=CC12. The number of nitro groups is 1. The number of rotatable bonds is 1. The molecule has 1 aromatic carbocycles. The molecule has 4 rings (SSSR count). The van der Waals surface area contributed by atoms with E-state index in [4.69, 9.17) is 0 Å². The fourth-order valence-corrected chi connectivity index (χ4v) is 5.98. The largest absolute Gasteiger partial charge is 0.265 e. The molecule has 2 aliphatic carbocycles. The van der Waals surface area contributed by atoms with E-state index in [9.17, 15) is 10.1 Å². The highest BCUT2D eigenvalue weighted by Crippen LogP contribution is 2.48. The third kappa shape index (κ3) is 2.79. The van der Waals surface area contributed by atoms with E-state index in [-0.39, 0.29) is 27.7 Å². The summed E-state index contributed by atoms with van der Waals surface area (Å²) in [6, 6.07) is 8.45. The smallest absolute Gasteiger partial charge is 0.258 e. The summed E-state index contributed by atoms with van der Waals surface area (Å²) in [4.78, 5) is 13.5. The van der Waals surface area contributed by atoms with Gasteiger partial charge in [0.05, 0.1) is 4.92 Å². The molecule has 0 N–H and O–H groups in total. The summed E-state index contributed by atoms with van der Waals surface area (Å²) in [6.07, 6.45) is 14.1. The van der Waals surface area contributed by atoms with Gasteiger partial charge in [-0.25, -0.2) is 0 Å². The summed E-state index contributed by atoms with van der Waals surface area (Å²) in [7, 11) is 0. The average molecular weight is 341 g/mol. The van der Waals surface area contributed by atoms with Crippen LogP contribution in [0.5, 0.6) is 0 Å². The number of benzene rings is 1. The third-order valence-corrected chi connectivity index (χ3v) is 7.19. The van der Waals surface area contributed by atoms with Crippen LogP contribution in [0.25, 0.3) is 0 Å². The van der Waals surface area contributed by atoms with Crippen LogP contribution in [0.15, 0.2) is 82.3 Å². The molecule has 0 bridgehead atoms. The highest BCUT2D eigenvalue weighted by molar-refractivity contribution is 8.03. The van der Waals surface area contributed by atoms with Crippen LogP contribution in [-0.4, -0.2) is 15.4 Å². The Balaban J connectivity index is 1.79. The molecule has 1 aliphatic heterocycles.